The Morgan fingerprint density at radius 3 is 2.48 bits per heavy atom. The number of benzene rings is 2. The third-order valence-electron chi connectivity index (χ3n) is 3.99. The van der Waals surface area contributed by atoms with Gasteiger partial charge < -0.3 is 10.2 Å². The van der Waals surface area contributed by atoms with Gasteiger partial charge in [-0.1, -0.05) is 11.6 Å². The van der Waals surface area contributed by atoms with Gasteiger partial charge in [0.15, 0.2) is 0 Å². The van der Waals surface area contributed by atoms with Crippen LogP contribution in [0, 0.1) is 0 Å². The van der Waals surface area contributed by atoms with E-state index in [1.165, 1.54) is 18.5 Å². The van der Waals surface area contributed by atoms with Crippen molar-refractivity contribution in [3.8, 4) is 0 Å². The Bertz CT molecular complexity index is 672. The van der Waals surface area contributed by atoms with E-state index in [0.717, 1.165) is 18.8 Å². The average molecular weight is 347 g/mol. The lowest BCUT2D eigenvalue weighted by molar-refractivity contribution is 0.102. The van der Waals surface area contributed by atoms with Crippen LogP contribution in [0.1, 0.15) is 23.2 Å². The molecule has 0 saturated carbocycles. The topological polar surface area (TPSA) is 32.3 Å². The highest BCUT2D eigenvalue weighted by Gasteiger charge is 2.17. The molecule has 3 rings (SSSR count). The van der Waals surface area contributed by atoms with E-state index in [1.807, 2.05) is 24.3 Å². The Kier molecular flexibility index (Phi) is 5.13. The summed E-state index contributed by atoms with van der Waals surface area (Å²) >= 11 is 10.4. The molecule has 0 spiro atoms. The number of hydrogen-bond acceptors (Lipinski definition) is 3. The minimum absolute atomic E-state index is 0.136. The van der Waals surface area contributed by atoms with Crippen molar-refractivity contribution in [1.82, 2.24) is 0 Å². The number of nitrogens with one attached hydrogen (secondary N) is 1. The molecule has 3 nitrogen and oxygen atoms in total. The van der Waals surface area contributed by atoms with Crippen LogP contribution in [0.15, 0.2) is 48.5 Å². The van der Waals surface area contributed by atoms with E-state index in [0.29, 0.717) is 15.8 Å². The number of thiol groups is 1. The zero-order valence-electron chi connectivity index (χ0n) is 12.7. The Balaban J connectivity index is 1.65. The summed E-state index contributed by atoms with van der Waals surface area (Å²) in [5, 5.41) is 3.96. The molecule has 2 aromatic carbocycles. The zero-order chi connectivity index (χ0) is 16.2. The van der Waals surface area contributed by atoms with Crippen LogP contribution in [-0.4, -0.2) is 24.2 Å². The Morgan fingerprint density at radius 1 is 1.13 bits per heavy atom. The molecule has 5 heteroatoms. The van der Waals surface area contributed by atoms with Gasteiger partial charge in [0, 0.05) is 40.3 Å². The number of hydrogen-bond donors (Lipinski definition) is 2. The number of amides is 1. The molecule has 2 aromatic rings. The second-order valence-corrected chi connectivity index (χ2v) is 6.92. The fourth-order valence-electron chi connectivity index (χ4n) is 2.75. The van der Waals surface area contributed by atoms with Gasteiger partial charge in [0.1, 0.15) is 0 Å². The maximum absolute atomic E-state index is 12.2. The van der Waals surface area contributed by atoms with Crippen LogP contribution < -0.4 is 10.2 Å². The lowest BCUT2D eigenvalue weighted by Gasteiger charge is -2.32. The molecule has 120 valence electrons. The summed E-state index contributed by atoms with van der Waals surface area (Å²) in [5.41, 5.74) is 2.55. The highest BCUT2D eigenvalue weighted by molar-refractivity contribution is 7.81. The van der Waals surface area contributed by atoms with E-state index < -0.39 is 0 Å². The molecule has 1 fully saturated rings. The van der Waals surface area contributed by atoms with Gasteiger partial charge >= 0.3 is 0 Å². The molecular formula is C18H19ClN2OS. The van der Waals surface area contributed by atoms with E-state index in [4.69, 9.17) is 11.6 Å². The summed E-state index contributed by atoms with van der Waals surface area (Å²) in [4.78, 5) is 14.5. The lowest BCUT2D eigenvalue weighted by Crippen LogP contribution is -2.35. The first kappa shape index (κ1) is 16.2. The zero-order valence-corrected chi connectivity index (χ0v) is 14.4. The summed E-state index contributed by atoms with van der Waals surface area (Å²) in [6.45, 7) is 2.03. The van der Waals surface area contributed by atoms with Crippen LogP contribution in [0.25, 0.3) is 0 Å². The Morgan fingerprint density at radius 2 is 1.83 bits per heavy atom. The van der Waals surface area contributed by atoms with Crippen molar-refractivity contribution in [2.75, 3.05) is 23.3 Å². The Hall–Kier alpha value is -1.65. The van der Waals surface area contributed by atoms with Crippen molar-refractivity contribution < 1.29 is 4.79 Å². The molecule has 0 aliphatic carbocycles. The average Bonchev–Trinajstić information content (AvgIpc) is 2.56. The van der Waals surface area contributed by atoms with E-state index >= 15 is 0 Å². The molecule has 1 amide bonds. The molecule has 0 radical (unpaired) electrons. The van der Waals surface area contributed by atoms with Crippen molar-refractivity contribution in [2.45, 2.75) is 18.1 Å². The van der Waals surface area contributed by atoms with E-state index in [9.17, 15) is 4.79 Å². The maximum Gasteiger partial charge on any atom is 0.255 e. The number of piperidine rings is 1. The number of carbonyl (C=O) groups is 1. The fourth-order valence-corrected chi connectivity index (χ4v) is 3.26. The van der Waals surface area contributed by atoms with Gasteiger partial charge in [-0.05, 0) is 61.4 Å². The second-order valence-electron chi connectivity index (χ2n) is 5.75. The number of anilines is 2. The summed E-state index contributed by atoms with van der Waals surface area (Å²) in [5.74, 6) is -0.136. The number of halogens is 1. The SMILES string of the molecule is O=C(Nc1ccc(N2CCCC(S)C2)cc1)c1ccc(Cl)cc1. The molecule has 1 N–H and O–H groups in total. The normalized spacial score (nSPS) is 17.8. The van der Waals surface area contributed by atoms with E-state index in [-0.39, 0.29) is 5.91 Å². The number of nitrogens with zero attached hydrogens (tertiary/aromatic N) is 1. The molecule has 1 heterocycles. The lowest BCUT2D eigenvalue weighted by atomic mass is 10.1. The van der Waals surface area contributed by atoms with Crippen LogP contribution in [0.4, 0.5) is 11.4 Å². The second kappa shape index (κ2) is 7.28. The van der Waals surface area contributed by atoms with E-state index in [1.54, 1.807) is 24.3 Å². The third kappa shape index (κ3) is 4.21. The number of rotatable bonds is 3. The molecule has 1 unspecified atom stereocenters. The Labute approximate surface area is 147 Å². The van der Waals surface area contributed by atoms with Gasteiger partial charge in [-0.25, -0.2) is 0 Å². The molecule has 23 heavy (non-hydrogen) atoms. The van der Waals surface area contributed by atoms with Gasteiger partial charge in [0.05, 0.1) is 0 Å². The van der Waals surface area contributed by atoms with Crippen molar-refractivity contribution >= 4 is 41.5 Å². The summed E-state index contributed by atoms with van der Waals surface area (Å²) in [6, 6.07) is 14.8. The van der Waals surface area contributed by atoms with Crippen molar-refractivity contribution in [1.29, 1.82) is 0 Å². The van der Waals surface area contributed by atoms with Gasteiger partial charge in [-0.15, -0.1) is 0 Å². The van der Waals surface area contributed by atoms with Crippen LogP contribution in [0.3, 0.4) is 0 Å². The monoisotopic (exact) mass is 346 g/mol. The number of carbonyl (C=O) groups excluding carboxylic acids is 1. The summed E-state index contributed by atoms with van der Waals surface area (Å²) in [7, 11) is 0. The van der Waals surface area contributed by atoms with Gasteiger partial charge in [-0.3, -0.25) is 4.79 Å². The summed E-state index contributed by atoms with van der Waals surface area (Å²) in [6.07, 6.45) is 2.35. The first-order valence-electron chi connectivity index (χ1n) is 7.72. The van der Waals surface area contributed by atoms with Gasteiger partial charge in [-0.2, -0.15) is 12.6 Å². The molecule has 0 bridgehead atoms. The predicted octanol–water partition coefficient (Wildman–Crippen LogP) is 4.49. The molecular weight excluding hydrogens is 328 g/mol. The molecule has 1 aliphatic rings. The van der Waals surface area contributed by atoms with Gasteiger partial charge in [0.2, 0.25) is 0 Å². The fraction of sp³-hybridized carbons (Fsp3) is 0.278. The molecule has 1 atom stereocenters. The highest BCUT2D eigenvalue weighted by atomic mass is 35.5. The van der Waals surface area contributed by atoms with Crippen LogP contribution >= 0.6 is 24.2 Å². The van der Waals surface area contributed by atoms with Crippen molar-refractivity contribution in [3.05, 3.63) is 59.1 Å². The highest BCUT2D eigenvalue weighted by Crippen LogP contribution is 2.24. The van der Waals surface area contributed by atoms with Crippen LogP contribution in [-0.2, 0) is 0 Å². The molecule has 0 aromatic heterocycles. The summed E-state index contributed by atoms with van der Waals surface area (Å²) < 4.78 is 0. The first-order valence-corrected chi connectivity index (χ1v) is 8.61. The van der Waals surface area contributed by atoms with Crippen LogP contribution in [0.5, 0.6) is 0 Å². The minimum atomic E-state index is -0.136. The standard InChI is InChI=1S/C18H19ClN2OS/c19-14-5-3-13(4-6-14)18(22)20-15-7-9-16(10-8-15)21-11-1-2-17(23)12-21/h3-10,17,23H,1-2,11-12H2,(H,20,22). The van der Waals surface area contributed by atoms with E-state index in [2.05, 4.69) is 22.8 Å². The van der Waals surface area contributed by atoms with Crippen molar-refractivity contribution in [3.63, 3.8) is 0 Å². The van der Waals surface area contributed by atoms with Crippen molar-refractivity contribution in [2.24, 2.45) is 0 Å². The minimum Gasteiger partial charge on any atom is -0.370 e. The van der Waals surface area contributed by atoms with Gasteiger partial charge in [0.25, 0.3) is 5.91 Å². The maximum atomic E-state index is 12.2. The van der Waals surface area contributed by atoms with Crippen LogP contribution in [0.2, 0.25) is 5.02 Å². The first-order chi connectivity index (χ1) is 11.1. The largest absolute Gasteiger partial charge is 0.370 e. The molecule has 1 saturated heterocycles. The quantitative estimate of drug-likeness (QED) is 0.802. The smallest absolute Gasteiger partial charge is 0.255 e. The predicted molar refractivity (Wildman–Crippen MR) is 100 cm³/mol. The molecule has 1 aliphatic heterocycles. The third-order valence-corrected chi connectivity index (χ3v) is 4.67.